The molecule has 0 N–H and O–H groups in total. The minimum Gasteiger partial charge on any atom is -0.462 e. The molecule has 0 radical (unpaired) electrons. The van der Waals surface area contributed by atoms with E-state index in [1.807, 2.05) is 86.3 Å². The Morgan fingerprint density at radius 1 is 0.923 bits per heavy atom. The first-order chi connectivity index (χ1) is 18.6. The van der Waals surface area contributed by atoms with E-state index in [0.29, 0.717) is 21.9 Å². The molecule has 0 unspecified atom stereocenters. The summed E-state index contributed by atoms with van der Waals surface area (Å²) in [6.45, 7) is 10.2. The lowest BCUT2D eigenvalue weighted by Gasteiger charge is -2.45. The van der Waals surface area contributed by atoms with E-state index in [1.54, 1.807) is 11.8 Å². The molecule has 0 spiro atoms. The number of hydrogen-bond acceptors (Lipinski definition) is 6. The lowest BCUT2D eigenvalue weighted by molar-refractivity contribution is -0.137. The number of thiocarbonyl (C=S) groups is 1. The van der Waals surface area contributed by atoms with Crippen LogP contribution in [0.4, 0.5) is 5.69 Å². The molecule has 7 heteroatoms. The van der Waals surface area contributed by atoms with Gasteiger partial charge in [-0.25, -0.2) is 4.79 Å². The number of amides is 1. The fraction of sp³-hybridized carbons (Fsp3) is 0.219. The highest BCUT2D eigenvalue weighted by molar-refractivity contribution is 8.32. The molecule has 39 heavy (non-hydrogen) atoms. The molecule has 3 aromatic carbocycles. The highest BCUT2D eigenvalue weighted by atomic mass is 32.2. The molecule has 2 aliphatic rings. The number of carbonyl (C=O) groups is 2. The van der Waals surface area contributed by atoms with Crippen molar-refractivity contribution in [1.29, 1.82) is 0 Å². The summed E-state index contributed by atoms with van der Waals surface area (Å²) in [5.74, 6) is -0.440. The monoisotopic (exact) mass is 571 g/mol. The van der Waals surface area contributed by atoms with Gasteiger partial charge in [-0.1, -0.05) is 84.3 Å². The van der Waals surface area contributed by atoms with Crippen LogP contribution in [0.15, 0.2) is 81.9 Å². The van der Waals surface area contributed by atoms with Crippen LogP contribution in [0.3, 0.4) is 0 Å². The van der Waals surface area contributed by atoms with Crippen molar-refractivity contribution in [3.05, 3.63) is 110 Å². The highest BCUT2D eigenvalue weighted by Crippen LogP contribution is 2.58. The Hall–Kier alpha value is -3.13. The maximum absolute atomic E-state index is 14.0. The maximum atomic E-state index is 14.0. The number of rotatable bonds is 4. The number of aryl methyl sites for hydroxylation is 2. The van der Waals surface area contributed by atoms with Gasteiger partial charge in [0.2, 0.25) is 0 Å². The van der Waals surface area contributed by atoms with E-state index in [1.165, 1.54) is 11.8 Å². The SMILES string of the molecule is CCOC(=O)C1=C(c2ccccc2)S/C(=C2\C(=S)C(C)(C)N(C(=O)c3ccccc3)c3cc(C)c(C)cc32)S1. The molecule has 0 aromatic heterocycles. The van der Waals surface area contributed by atoms with Gasteiger partial charge >= 0.3 is 5.97 Å². The first-order valence-corrected chi connectivity index (χ1v) is 14.8. The predicted molar refractivity (Wildman–Crippen MR) is 168 cm³/mol. The number of ether oxygens (including phenoxy) is 1. The van der Waals surface area contributed by atoms with E-state index < -0.39 is 5.54 Å². The van der Waals surface area contributed by atoms with Crippen LogP contribution >= 0.6 is 35.7 Å². The van der Waals surface area contributed by atoms with Crippen LogP contribution in [0.25, 0.3) is 10.5 Å². The topological polar surface area (TPSA) is 46.6 Å². The molecule has 0 fully saturated rings. The highest BCUT2D eigenvalue weighted by Gasteiger charge is 2.46. The van der Waals surface area contributed by atoms with Crippen LogP contribution in [-0.2, 0) is 9.53 Å². The summed E-state index contributed by atoms with van der Waals surface area (Å²) in [5.41, 5.74) is 5.59. The lowest BCUT2D eigenvalue weighted by atomic mass is 9.81. The Morgan fingerprint density at radius 3 is 2.18 bits per heavy atom. The summed E-state index contributed by atoms with van der Waals surface area (Å²) in [6.07, 6.45) is 0. The fourth-order valence-corrected chi connectivity index (χ4v) is 7.94. The third-order valence-electron chi connectivity index (χ3n) is 6.98. The van der Waals surface area contributed by atoms with Gasteiger partial charge in [0.15, 0.2) is 0 Å². The summed E-state index contributed by atoms with van der Waals surface area (Å²) in [4.78, 5) is 31.0. The van der Waals surface area contributed by atoms with Gasteiger partial charge in [-0.05, 0) is 75.6 Å². The predicted octanol–water partition coefficient (Wildman–Crippen LogP) is 8.19. The summed E-state index contributed by atoms with van der Waals surface area (Å²) >= 11 is 9.15. The van der Waals surface area contributed by atoms with Crippen molar-refractivity contribution in [3.8, 4) is 0 Å². The third kappa shape index (κ3) is 4.88. The molecular formula is C32H29NO3S3. The molecule has 0 atom stereocenters. The normalized spacial score (nSPS) is 18.3. The average Bonchev–Trinajstić information content (AvgIpc) is 3.37. The minimum absolute atomic E-state index is 0.0986. The number of benzene rings is 3. The maximum Gasteiger partial charge on any atom is 0.346 e. The van der Waals surface area contributed by atoms with Gasteiger partial charge in [0.25, 0.3) is 5.91 Å². The first-order valence-electron chi connectivity index (χ1n) is 12.8. The second-order valence-corrected chi connectivity index (χ2v) is 12.7. The van der Waals surface area contributed by atoms with Crippen molar-refractivity contribution < 1.29 is 14.3 Å². The molecular weight excluding hydrogens is 543 g/mol. The fourth-order valence-electron chi connectivity index (χ4n) is 4.80. The number of hydrogen-bond donors (Lipinski definition) is 0. The summed E-state index contributed by atoms with van der Waals surface area (Å²) < 4.78 is 6.37. The molecule has 5 rings (SSSR count). The van der Waals surface area contributed by atoms with Crippen molar-refractivity contribution in [1.82, 2.24) is 0 Å². The van der Waals surface area contributed by atoms with E-state index in [-0.39, 0.29) is 11.9 Å². The third-order valence-corrected chi connectivity index (χ3v) is 10.3. The Bertz CT molecular complexity index is 1560. The molecule has 3 aromatic rings. The van der Waals surface area contributed by atoms with Crippen LogP contribution in [0.5, 0.6) is 0 Å². The summed E-state index contributed by atoms with van der Waals surface area (Å²) in [6, 6.07) is 23.4. The van der Waals surface area contributed by atoms with Crippen LogP contribution < -0.4 is 4.90 Å². The van der Waals surface area contributed by atoms with Crippen LogP contribution in [0.1, 0.15) is 53.4 Å². The lowest BCUT2D eigenvalue weighted by Crippen LogP contribution is -2.56. The molecule has 4 nitrogen and oxygen atoms in total. The summed E-state index contributed by atoms with van der Waals surface area (Å²) in [5, 5.41) is 0. The Morgan fingerprint density at radius 2 is 1.54 bits per heavy atom. The van der Waals surface area contributed by atoms with Crippen molar-refractivity contribution in [2.45, 2.75) is 40.2 Å². The van der Waals surface area contributed by atoms with Crippen molar-refractivity contribution in [3.63, 3.8) is 0 Å². The molecule has 0 aliphatic carbocycles. The van der Waals surface area contributed by atoms with Gasteiger partial charge in [-0.3, -0.25) is 9.69 Å². The van der Waals surface area contributed by atoms with E-state index in [9.17, 15) is 9.59 Å². The number of anilines is 1. The smallest absolute Gasteiger partial charge is 0.346 e. The van der Waals surface area contributed by atoms with Gasteiger partial charge in [0.1, 0.15) is 4.91 Å². The van der Waals surface area contributed by atoms with Gasteiger partial charge in [0.05, 0.1) is 26.9 Å². The molecule has 0 bridgehead atoms. The summed E-state index contributed by atoms with van der Waals surface area (Å²) in [7, 11) is 0. The largest absolute Gasteiger partial charge is 0.462 e. The zero-order valence-electron chi connectivity index (χ0n) is 22.5. The Balaban J connectivity index is 1.71. The molecule has 0 saturated carbocycles. The second kappa shape index (κ2) is 10.8. The van der Waals surface area contributed by atoms with Crippen molar-refractivity contribution >= 4 is 68.6 Å². The number of carbonyl (C=O) groups excluding carboxylic acids is 2. The Kier molecular flexibility index (Phi) is 7.60. The van der Waals surface area contributed by atoms with Gasteiger partial charge in [-0.2, -0.15) is 0 Å². The number of esters is 1. The number of thioether (sulfide) groups is 2. The first kappa shape index (κ1) is 27.4. The van der Waals surface area contributed by atoms with Crippen LogP contribution in [0, 0.1) is 13.8 Å². The molecule has 198 valence electrons. The average molecular weight is 572 g/mol. The van der Waals surface area contributed by atoms with Crippen LogP contribution in [0.2, 0.25) is 0 Å². The second-order valence-electron chi connectivity index (χ2n) is 9.96. The van der Waals surface area contributed by atoms with E-state index in [2.05, 4.69) is 26.0 Å². The molecule has 2 heterocycles. The van der Waals surface area contributed by atoms with Crippen molar-refractivity contribution in [2.24, 2.45) is 0 Å². The molecule has 0 saturated heterocycles. The van der Waals surface area contributed by atoms with Gasteiger partial charge in [-0.15, -0.1) is 0 Å². The number of fused-ring (bicyclic) bond motifs is 1. The zero-order valence-corrected chi connectivity index (χ0v) is 25.0. The van der Waals surface area contributed by atoms with Gasteiger partial charge < -0.3 is 4.74 Å². The van der Waals surface area contributed by atoms with E-state index in [4.69, 9.17) is 17.0 Å². The quantitative estimate of drug-likeness (QED) is 0.179. The Labute approximate surface area is 243 Å². The number of nitrogens with zero attached hydrogens (tertiary/aromatic N) is 1. The minimum atomic E-state index is -0.792. The van der Waals surface area contributed by atoms with E-state index >= 15 is 0 Å². The van der Waals surface area contributed by atoms with Crippen LogP contribution in [-0.4, -0.2) is 28.9 Å². The zero-order chi connectivity index (χ0) is 27.9. The molecule has 2 aliphatic heterocycles. The van der Waals surface area contributed by atoms with E-state index in [0.717, 1.165) is 42.7 Å². The molecule has 1 amide bonds. The standard InChI is InChI=1S/C32H29NO3S3/c1-6-36-30(35)27-26(21-13-9-7-10-14-21)38-31(39-27)25-23-17-19(2)20(3)18-24(23)33(32(4,5)28(25)37)29(34)22-15-11-8-12-16-22/h7-18H,6H2,1-5H3/b31-25+. The van der Waals surface area contributed by atoms with Crippen molar-refractivity contribution in [2.75, 3.05) is 11.5 Å². The van der Waals surface area contributed by atoms with Gasteiger partial charge in [0, 0.05) is 21.6 Å².